The molecule has 21 heavy (non-hydrogen) atoms. The van der Waals surface area contributed by atoms with E-state index < -0.39 is 29.0 Å². The summed E-state index contributed by atoms with van der Waals surface area (Å²) >= 11 is 2.02. The van der Waals surface area contributed by atoms with Crippen molar-refractivity contribution in [2.75, 3.05) is 5.32 Å². The number of benzene rings is 2. The predicted octanol–water partition coefficient (Wildman–Crippen LogP) is 4.70. The van der Waals surface area contributed by atoms with Crippen LogP contribution >= 0.6 is 22.6 Å². The molecule has 0 aliphatic rings. The maximum absolute atomic E-state index is 13.6. The second-order valence-electron chi connectivity index (χ2n) is 4.16. The summed E-state index contributed by atoms with van der Waals surface area (Å²) in [5, 5.41) is 2.37. The highest BCUT2D eigenvalue weighted by Gasteiger charge is 2.31. The van der Waals surface area contributed by atoms with E-state index in [9.17, 15) is 22.4 Å². The Labute approximate surface area is 131 Å². The summed E-state index contributed by atoms with van der Waals surface area (Å²) in [6.07, 6.45) is -4.63. The normalized spacial score (nSPS) is 11.3. The summed E-state index contributed by atoms with van der Waals surface area (Å²) < 4.78 is 52.2. The van der Waals surface area contributed by atoms with Gasteiger partial charge >= 0.3 is 6.18 Å². The molecule has 0 atom stereocenters. The summed E-state index contributed by atoms with van der Waals surface area (Å²) in [5.41, 5.74) is -1.34. The van der Waals surface area contributed by atoms with Crippen LogP contribution in [0.3, 0.4) is 0 Å². The van der Waals surface area contributed by atoms with Crippen LogP contribution in [0.25, 0.3) is 0 Å². The lowest BCUT2D eigenvalue weighted by atomic mass is 10.1. The zero-order chi connectivity index (χ0) is 15.6. The fraction of sp³-hybridized carbons (Fsp3) is 0.0714. The molecule has 0 radical (unpaired) electrons. The lowest BCUT2D eigenvalue weighted by molar-refractivity contribution is -0.137. The van der Waals surface area contributed by atoms with E-state index >= 15 is 0 Å². The summed E-state index contributed by atoms with van der Waals surface area (Å²) in [6, 6.07) is 8.35. The second-order valence-corrected chi connectivity index (χ2v) is 5.40. The van der Waals surface area contributed by atoms with Crippen molar-refractivity contribution in [1.82, 2.24) is 0 Å². The largest absolute Gasteiger partial charge is 0.416 e. The number of carbonyl (C=O) groups excluding carboxylic acids is 1. The lowest BCUT2D eigenvalue weighted by Gasteiger charge is -2.10. The van der Waals surface area contributed by atoms with Crippen molar-refractivity contribution < 1.29 is 22.4 Å². The highest BCUT2D eigenvalue weighted by molar-refractivity contribution is 14.1. The molecular formula is C14H8F4INO. The van der Waals surface area contributed by atoms with Crippen LogP contribution in [0.2, 0.25) is 0 Å². The van der Waals surface area contributed by atoms with Crippen molar-refractivity contribution in [3.63, 3.8) is 0 Å². The predicted molar refractivity (Wildman–Crippen MR) is 78.5 cm³/mol. The highest BCUT2D eigenvalue weighted by atomic mass is 127. The minimum Gasteiger partial charge on any atom is -0.322 e. The van der Waals surface area contributed by atoms with E-state index in [1.165, 1.54) is 0 Å². The topological polar surface area (TPSA) is 29.1 Å². The Hall–Kier alpha value is -1.64. The van der Waals surface area contributed by atoms with Gasteiger partial charge < -0.3 is 5.32 Å². The average molecular weight is 409 g/mol. The fourth-order valence-corrected chi connectivity index (χ4v) is 2.18. The van der Waals surface area contributed by atoms with Crippen molar-refractivity contribution in [1.29, 1.82) is 0 Å². The van der Waals surface area contributed by atoms with E-state index in [4.69, 9.17) is 0 Å². The van der Waals surface area contributed by atoms with Crippen LogP contribution in [0.15, 0.2) is 42.5 Å². The number of alkyl halides is 3. The third kappa shape index (κ3) is 3.93. The molecule has 0 spiro atoms. The van der Waals surface area contributed by atoms with Gasteiger partial charge in [-0.15, -0.1) is 0 Å². The fourth-order valence-electron chi connectivity index (χ4n) is 1.64. The molecule has 1 amide bonds. The SMILES string of the molecule is O=C(Nc1cccc(I)c1)c1cc(C(F)(F)F)ccc1F. The van der Waals surface area contributed by atoms with Crippen LogP contribution < -0.4 is 5.32 Å². The monoisotopic (exact) mass is 409 g/mol. The van der Waals surface area contributed by atoms with Crippen molar-refractivity contribution in [3.05, 3.63) is 63.0 Å². The first-order chi connectivity index (χ1) is 9.77. The molecule has 0 saturated carbocycles. The van der Waals surface area contributed by atoms with Crippen molar-refractivity contribution in [3.8, 4) is 0 Å². The van der Waals surface area contributed by atoms with Crippen molar-refractivity contribution >= 4 is 34.2 Å². The summed E-state index contributed by atoms with van der Waals surface area (Å²) in [7, 11) is 0. The summed E-state index contributed by atoms with van der Waals surface area (Å²) in [5.74, 6) is -1.94. The Bertz CT molecular complexity index is 685. The van der Waals surface area contributed by atoms with Crippen LogP contribution in [0.5, 0.6) is 0 Å². The van der Waals surface area contributed by atoms with E-state index in [1.807, 2.05) is 22.6 Å². The molecule has 0 aliphatic heterocycles. The van der Waals surface area contributed by atoms with Gasteiger partial charge in [0.25, 0.3) is 5.91 Å². The van der Waals surface area contributed by atoms with Crippen LogP contribution in [0, 0.1) is 9.39 Å². The number of anilines is 1. The van der Waals surface area contributed by atoms with Gasteiger partial charge in [0.2, 0.25) is 0 Å². The molecule has 0 fully saturated rings. The molecule has 7 heteroatoms. The van der Waals surface area contributed by atoms with E-state index in [0.29, 0.717) is 23.9 Å². The van der Waals surface area contributed by atoms with Crippen LogP contribution in [0.4, 0.5) is 23.2 Å². The third-order valence-corrected chi connectivity index (χ3v) is 3.29. The third-order valence-electron chi connectivity index (χ3n) is 2.62. The number of halogens is 5. The first-order valence-electron chi connectivity index (χ1n) is 5.71. The maximum atomic E-state index is 13.6. The van der Waals surface area contributed by atoms with Gasteiger partial charge in [-0.2, -0.15) is 13.2 Å². The Morgan fingerprint density at radius 2 is 1.81 bits per heavy atom. The van der Waals surface area contributed by atoms with Gasteiger partial charge in [-0.25, -0.2) is 4.39 Å². The van der Waals surface area contributed by atoms with Crippen LogP contribution in [-0.4, -0.2) is 5.91 Å². The lowest BCUT2D eigenvalue weighted by Crippen LogP contribution is -2.16. The molecule has 2 rings (SSSR count). The Kier molecular flexibility index (Phi) is 4.50. The standard InChI is InChI=1S/C14H8F4INO/c15-12-5-4-8(14(16,17)18)6-11(12)13(21)20-10-3-1-2-9(19)7-10/h1-7H,(H,20,21). The number of hydrogen-bond acceptors (Lipinski definition) is 1. The number of rotatable bonds is 2. The Morgan fingerprint density at radius 3 is 2.43 bits per heavy atom. The molecular weight excluding hydrogens is 401 g/mol. The minimum absolute atomic E-state index is 0.378. The first-order valence-corrected chi connectivity index (χ1v) is 6.79. The van der Waals surface area contributed by atoms with Gasteiger partial charge in [-0.05, 0) is 59.0 Å². The molecule has 2 aromatic rings. The van der Waals surface area contributed by atoms with Crippen molar-refractivity contribution in [2.24, 2.45) is 0 Å². The second kappa shape index (κ2) is 6.00. The van der Waals surface area contributed by atoms with Crippen LogP contribution in [0.1, 0.15) is 15.9 Å². The number of hydrogen-bond donors (Lipinski definition) is 1. The van der Waals surface area contributed by atoms with E-state index in [0.717, 1.165) is 3.57 Å². The molecule has 2 aromatic carbocycles. The maximum Gasteiger partial charge on any atom is 0.416 e. The molecule has 0 heterocycles. The molecule has 0 unspecified atom stereocenters. The van der Waals surface area contributed by atoms with Gasteiger partial charge in [0.1, 0.15) is 5.82 Å². The summed E-state index contributed by atoms with van der Waals surface area (Å²) in [6.45, 7) is 0. The van der Waals surface area contributed by atoms with Gasteiger partial charge in [0, 0.05) is 9.26 Å². The van der Waals surface area contributed by atoms with Gasteiger partial charge in [-0.1, -0.05) is 6.07 Å². The first kappa shape index (κ1) is 15.7. The molecule has 0 bridgehead atoms. The highest BCUT2D eigenvalue weighted by Crippen LogP contribution is 2.30. The molecule has 0 saturated heterocycles. The number of carbonyl (C=O) groups is 1. The van der Waals surface area contributed by atoms with Gasteiger partial charge in [0.05, 0.1) is 11.1 Å². The average Bonchev–Trinajstić information content (AvgIpc) is 2.37. The summed E-state index contributed by atoms with van der Waals surface area (Å²) in [4.78, 5) is 11.9. The van der Waals surface area contributed by atoms with Crippen molar-refractivity contribution in [2.45, 2.75) is 6.18 Å². The zero-order valence-corrected chi connectivity index (χ0v) is 12.5. The molecule has 110 valence electrons. The van der Waals surface area contributed by atoms with E-state index in [2.05, 4.69) is 5.32 Å². The molecule has 0 aliphatic carbocycles. The molecule has 2 nitrogen and oxygen atoms in total. The van der Waals surface area contributed by atoms with E-state index in [-0.39, 0.29) is 0 Å². The minimum atomic E-state index is -4.63. The Morgan fingerprint density at radius 1 is 1.10 bits per heavy atom. The smallest absolute Gasteiger partial charge is 0.322 e. The number of nitrogens with one attached hydrogen (secondary N) is 1. The van der Waals surface area contributed by atoms with Crippen LogP contribution in [-0.2, 0) is 6.18 Å². The quantitative estimate of drug-likeness (QED) is 0.566. The van der Waals surface area contributed by atoms with Gasteiger partial charge in [0.15, 0.2) is 0 Å². The van der Waals surface area contributed by atoms with Gasteiger partial charge in [-0.3, -0.25) is 4.79 Å². The molecule has 1 N–H and O–H groups in total. The zero-order valence-electron chi connectivity index (χ0n) is 10.3. The van der Waals surface area contributed by atoms with E-state index in [1.54, 1.807) is 24.3 Å². The molecule has 0 aromatic heterocycles. The number of amides is 1. The Balaban J connectivity index is 2.31.